The summed E-state index contributed by atoms with van der Waals surface area (Å²) in [6.07, 6.45) is 3.32. The summed E-state index contributed by atoms with van der Waals surface area (Å²) in [6, 6.07) is 6.01. The summed E-state index contributed by atoms with van der Waals surface area (Å²) in [4.78, 5) is 1.59. The molecule has 0 atom stereocenters. The second kappa shape index (κ2) is 3.59. The molecule has 0 radical (unpaired) electrons. The Kier molecular flexibility index (Phi) is 2.28. The fourth-order valence-electron chi connectivity index (χ4n) is 1.38. The lowest BCUT2D eigenvalue weighted by atomic mass is 10.1. The van der Waals surface area contributed by atoms with E-state index >= 15 is 0 Å². The first-order valence-electron chi connectivity index (χ1n) is 4.47. The summed E-state index contributed by atoms with van der Waals surface area (Å²) in [5.74, 6) is 0. The molecule has 1 aromatic heterocycles. The lowest BCUT2D eigenvalue weighted by molar-refractivity contribution is 0.750. The van der Waals surface area contributed by atoms with Gasteiger partial charge in [0.15, 0.2) is 0 Å². The zero-order chi connectivity index (χ0) is 9.97. The van der Waals surface area contributed by atoms with Crippen LogP contribution < -0.4 is 5.73 Å². The summed E-state index contributed by atoms with van der Waals surface area (Å²) in [5, 5.41) is 8.11. The van der Waals surface area contributed by atoms with E-state index < -0.39 is 0 Å². The number of hydrogen-bond donors (Lipinski definition) is 1. The lowest BCUT2D eigenvalue weighted by Crippen LogP contribution is -2.02. The van der Waals surface area contributed by atoms with Gasteiger partial charge in [-0.1, -0.05) is 6.07 Å². The summed E-state index contributed by atoms with van der Waals surface area (Å²) in [6.45, 7) is 2.61. The van der Waals surface area contributed by atoms with E-state index in [0.717, 1.165) is 11.3 Å². The van der Waals surface area contributed by atoms with Crippen LogP contribution in [0.3, 0.4) is 0 Å². The molecular weight excluding hydrogens is 176 g/mol. The molecule has 2 aromatic rings. The molecule has 0 aliphatic carbocycles. The number of hydrogen-bond acceptors (Lipinski definition) is 3. The van der Waals surface area contributed by atoms with Crippen molar-refractivity contribution in [3.05, 3.63) is 41.7 Å². The fraction of sp³-hybridized carbons (Fsp3) is 0.200. The summed E-state index contributed by atoms with van der Waals surface area (Å²) in [7, 11) is 0. The van der Waals surface area contributed by atoms with Gasteiger partial charge < -0.3 is 5.73 Å². The molecule has 1 aromatic carbocycles. The molecule has 2 rings (SSSR count). The highest BCUT2D eigenvalue weighted by Crippen LogP contribution is 2.12. The molecule has 0 aliphatic heterocycles. The van der Waals surface area contributed by atoms with Gasteiger partial charge in [0.25, 0.3) is 0 Å². The first-order chi connectivity index (χ1) is 6.81. The van der Waals surface area contributed by atoms with E-state index in [0.29, 0.717) is 6.54 Å². The maximum Gasteiger partial charge on any atom is 0.0859 e. The van der Waals surface area contributed by atoms with Crippen molar-refractivity contribution in [2.75, 3.05) is 0 Å². The Morgan fingerprint density at radius 2 is 2.00 bits per heavy atom. The number of benzene rings is 1. The zero-order valence-electron chi connectivity index (χ0n) is 8.01. The maximum atomic E-state index is 5.58. The van der Waals surface area contributed by atoms with Crippen LogP contribution in [-0.2, 0) is 6.54 Å². The monoisotopic (exact) mass is 188 g/mol. The van der Waals surface area contributed by atoms with Gasteiger partial charge >= 0.3 is 0 Å². The lowest BCUT2D eigenvalue weighted by Gasteiger charge is -2.05. The Morgan fingerprint density at radius 3 is 2.57 bits per heavy atom. The second-order valence-corrected chi connectivity index (χ2v) is 3.13. The van der Waals surface area contributed by atoms with Crippen molar-refractivity contribution >= 4 is 0 Å². The van der Waals surface area contributed by atoms with Gasteiger partial charge in [0.05, 0.1) is 18.1 Å². The smallest absolute Gasteiger partial charge is 0.0859 e. The standard InChI is InChI=1S/C10H12N4/c1-8-6-10(3-2-9(8)7-11)14-12-4-5-13-14/h2-6H,7,11H2,1H3. The van der Waals surface area contributed by atoms with Crippen LogP contribution in [0.15, 0.2) is 30.6 Å². The Balaban J connectivity index is 2.43. The van der Waals surface area contributed by atoms with Gasteiger partial charge in [-0.05, 0) is 30.2 Å². The van der Waals surface area contributed by atoms with Gasteiger partial charge in [-0.3, -0.25) is 0 Å². The van der Waals surface area contributed by atoms with Crippen LogP contribution in [0.25, 0.3) is 5.69 Å². The first kappa shape index (κ1) is 8.90. The normalized spacial score (nSPS) is 10.4. The third-order valence-corrected chi connectivity index (χ3v) is 2.20. The molecule has 0 amide bonds. The Bertz CT molecular complexity index is 420. The minimum Gasteiger partial charge on any atom is -0.326 e. The second-order valence-electron chi connectivity index (χ2n) is 3.13. The van der Waals surface area contributed by atoms with Crippen molar-refractivity contribution in [1.29, 1.82) is 0 Å². The number of nitrogens with two attached hydrogens (primary N) is 1. The highest BCUT2D eigenvalue weighted by Gasteiger charge is 2.00. The van der Waals surface area contributed by atoms with Gasteiger partial charge in [-0.2, -0.15) is 15.0 Å². The van der Waals surface area contributed by atoms with E-state index in [2.05, 4.69) is 10.2 Å². The average Bonchev–Trinajstić information content (AvgIpc) is 2.70. The molecule has 0 saturated heterocycles. The molecule has 0 unspecified atom stereocenters. The van der Waals surface area contributed by atoms with Gasteiger partial charge in [0.1, 0.15) is 0 Å². The molecule has 4 nitrogen and oxygen atoms in total. The van der Waals surface area contributed by atoms with Gasteiger partial charge in [-0.15, -0.1) is 0 Å². The predicted octanol–water partition coefficient (Wildman–Crippen LogP) is 1.03. The largest absolute Gasteiger partial charge is 0.326 e. The SMILES string of the molecule is Cc1cc(-n2nccn2)ccc1CN. The van der Waals surface area contributed by atoms with Crippen LogP contribution in [-0.4, -0.2) is 15.0 Å². The molecule has 2 N–H and O–H groups in total. The molecule has 0 aliphatic rings. The third kappa shape index (κ3) is 1.52. The van der Waals surface area contributed by atoms with Crippen LogP contribution in [0.4, 0.5) is 0 Å². The van der Waals surface area contributed by atoms with Crippen molar-refractivity contribution in [2.24, 2.45) is 5.73 Å². The molecule has 0 spiro atoms. The van der Waals surface area contributed by atoms with E-state index in [1.165, 1.54) is 5.56 Å². The molecule has 0 saturated carbocycles. The molecule has 1 heterocycles. The molecule has 72 valence electrons. The molecular formula is C10H12N4. The van der Waals surface area contributed by atoms with E-state index in [-0.39, 0.29) is 0 Å². The highest BCUT2D eigenvalue weighted by molar-refractivity contribution is 5.38. The average molecular weight is 188 g/mol. The molecule has 4 heteroatoms. The predicted molar refractivity (Wildman–Crippen MR) is 54.0 cm³/mol. The minimum atomic E-state index is 0.568. The van der Waals surface area contributed by atoms with E-state index in [1.54, 1.807) is 17.2 Å². The molecule has 0 fully saturated rings. The number of aromatic nitrogens is 3. The Labute approximate surface area is 82.4 Å². The van der Waals surface area contributed by atoms with E-state index in [4.69, 9.17) is 5.73 Å². The summed E-state index contributed by atoms with van der Waals surface area (Å²) >= 11 is 0. The molecule has 14 heavy (non-hydrogen) atoms. The maximum absolute atomic E-state index is 5.58. The van der Waals surface area contributed by atoms with Crippen molar-refractivity contribution in [2.45, 2.75) is 13.5 Å². The highest BCUT2D eigenvalue weighted by atomic mass is 15.5. The Morgan fingerprint density at radius 1 is 1.29 bits per heavy atom. The van der Waals surface area contributed by atoms with Crippen molar-refractivity contribution in [1.82, 2.24) is 15.0 Å². The van der Waals surface area contributed by atoms with Gasteiger partial charge in [-0.25, -0.2) is 0 Å². The first-order valence-corrected chi connectivity index (χ1v) is 4.47. The topological polar surface area (TPSA) is 56.7 Å². The third-order valence-electron chi connectivity index (χ3n) is 2.20. The van der Waals surface area contributed by atoms with Gasteiger partial charge in [0.2, 0.25) is 0 Å². The van der Waals surface area contributed by atoms with E-state index in [9.17, 15) is 0 Å². The van der Waals surface area contributed by atoms with Gasteiger partial charge in [0, 0.05) is 6.54 Å². The van der Waals surface area contributed by atoms with Crippen LogP contribution in [0, 0.1) is 6.92 Å². The van der Waals surface area contributed by atoms with Crippen molar-refractivity contribution in [3.63, 3.8) is 0 Å². The number of rotatable bonds is 2. The fourth-order valence-corrected chi connectivity index (χ4v) is 1.38. The summed E-state index contributed by atoms with van der Waals surface area (Å²) < 4.78 is 0. The van der Waals surface area contributed by atoms with Crippen molar-refractivity contribution < 1.29 is 0 Å². The quantitative estimate of drug-likeness (QED) is 0.766. The van der Waals surface area contributed by atoms with Crippen LogP contribution >= 0.6 is 0 Å². The van der Waals surface area contributed by atoms with Crippen molar-refractivity contribution in [3.8, 4) is 5.69 Å². The van der Waals surface area contributed by atoms with Crippen LogP contribution in [0.1, 0.15) is 11.1 Å². The minimum absolute atomic E-state index is 0.568. The van der Waals surface area contributed by atoms with E-state index in [1.807, 2.05) is 25.1 Å². The number of nitrogens with zero attached hydrogens (tertiary/aromatic N) is 3. The number of aryl methyl sites for hydroxylation is 1. The molecule has 0 bridgehead atoms. The van der Waals surface area contributed by atoms with Crippen LogP contribution in [0.2, 0.25) is 0 Å². The Hall–Kier alpha value is -1.68. The summed E-state index contributed by atoms with van der Waals surface area (Å²) in [5.41, 5.74) is 8.87. The zero-order valence-corrected chi connectivity index (χ0v) is 8.01. The van der Waals surface area contributed by atoms with Crippen LogP contribution in [0.5, 0.6) is 0 Å².